The van der Waals surface area contributed by atoms with E-state index in [0.717, 1.165) is 18.6 Å². The Bertz CT molecular complexity index is 1040. The number of hydrogen-bond donors (Lipinski definition) is 1. The number of aryl methyl sites for hydroxylation is 1. The van der Waals surface area contributed by atoms with Crippen molar-refractivity contribution < 1.29 is 9.53 Å². The molecular formula is C30H36O2Si. The molecule has 33 heavy (non-hydrogen) atoms. The first-order valence-corrected chi connectivity index (χ1v) is 13.4. The van der Waals surface area contributed by atoms with Gasteiger partial charge in [-0.1, -0.05) is 99.7 Å². The average Bonchev–Trinajstić information content (AvgIpc) is 2.83. The van der Waals surface area contributed by atoms with E-state index in [0.29, 0.717) is 5.92 Å². The van der Waals surface area contributed by atoms with Gasteiger partial charge in [-0.05, 0) is 58.7 Å². The molecule has 3 heteroatoms. The second-order valence-electron chi connectivity index (χ2n) is 10.2. The van der Waals surface area contributed by atoms with E-state index in [-0.39, 0.29) is 17.1 Å². The van der Waals surface area contributed by atoms with Gasteiger partial charge < -0.3 is 9.53 Å². The molecular weight excluding hydrogens is 420 g/mol. The van der Waals surface area contributed by atoms with E-state index in [9.17, 15) is 5.11 Å². The van der Waals surface area contributed by atoms with Crippen molar-refractivity contribution in [3.63, 3.8) is 0 Å². The van der Waals surface area contributed by atoms with Crippen LogP contribution < -0.4 is 4.43 Å². The number of hydrogen-bond acceptors (Lipinski definition) is 2. The standard InChI is InChI=1S/C30H36O2Si/c1-29(2,28(24-12-6-4-7-13-24)25-14-8-5-9-15-25)33-32-26-18-17-23-16-10-19-30(3,20-11-21-31)27(23)22-26/h4-9,11-15,17-18,20,22,28,31H,10,16,19,21,33H2,1-3H3/b20-11+. The molecule has 0 saturated carbocycles. The lowest BCUT2D eigenvalue weighted by molar-refractivity contribution is 0.340. The van der Waals surface area contributed by atoms with E-state index in [1.165, 1.54) is 28.7 Å². The van der Waals surface area contributed by atoms with Crippen LogP contribution in [0.5, 0.6) is 5.75 Å². The molecule has 1 N–H and O–H groups in total. The van der Waals surface area contributed by atoms with Crippen molar-refractivity contribution in [3.8, 4) is 5.75 Å². The normalized spacial score (nSPS) is 18.8. The molecule has 1 atom stereocenters. The first-order valence-electron chi connectivity index (χ1n) is 12.1. The van der Waals surface area contributed by atoms with Crippen molar-refractivity contribution in [2.75, 3.05) is 6.61 Å². The third kappa shape index (κ3) is 5.31. The SMILES string of the molecule is CC1(/C=C/CO)CCCc2ccc(O[SiH2]C(C)(C)C(c3ccccc3)c3ccccc3)cc21. The van der Waals surface area contributed by atoms with Gasteiger partial charge in [0.15, 0.2) is 0 Å². The van der Waals surface area contributed by atoms with Gasteiger partial charge in [0.2, 0.25) is 9.76 Å². The predicted octanol–water partition coefficient (Wildman–Crippen LogP) is 6.32. The van der Waals surface area contributed by atoms with Crippen molar-refractivity contribution in [1.29, 1.82) is 0 Å². The maximum atomic E-state index is 9.32. The molecule has 2 nitrogen and oxygen atoms in total. The van der Waals surface area contributed by atoms with Crippen LogP contribution in [-0.2, 0) is 11.8 Å². The second-order valence-corrected chi connectivity index (χ2v) is 12.6. The Kier molecular flexibility index (Phi) is 7.21. The maximum absolute atomic E-state index is 9.32. The zero-order chi connectivity index (χ0) is 23.3. The van der Waals surface area contributed by atoms with Gasteiger partial charge in [-0.3, -0.25) is 0 Å². The quantitative estimate of drug-likeness (QED) is 0.317. The molecule has 172 valence electrons. The number of allylic oxidation sites excluding steroid dienone is 1. The highest BCUT2D eigenvalue weighted by Crippen LogP contribution is 2.46. The van der Waals surface area contributed by atoms with Crippen molar-refractivity contribution >= 4 is 9.76 Å². The van der Waals surface area contributed by atoms with Crippen LogP contribution in [-0.4, -0.2) is 21.5 Å². The number of aliphatic hydroxyl groups is 1. The summed E-state index contributed by atoms with van der Waals surface area (Å²) in [4.78, 5) is 0. The predicted molar refractivity (Wildman–Crippen MR) is 141 cm³/mol. The van der Waals surface area contributed by atoms with Gasteiger partial charge in [-0.25, -0.2) is 0 Å². The molecule has 1 aliphatic rings. The first-order chi connectivity index (χ1) is 15.9. The zero-order valence-electron chi connectivity index (χ0n) is 20.1. The van der Waals surface area contributed by atoms with Crippen LogP contribution in [0.1, 0.15) is 61.8 Å². The van der Waals surface area contributed by atoms with E-state index in [1.807, 2.05) is 6.08 Å². The maximum Gasteiger partial charge on any atom is 0.226 e. The van der Waals surface area contributed by atoms with Gasteiger partial charge in [-0.2, -0.15) is 0 Å². The van der Waals surface area contributed by atoms with Gasteiger partial charge >= 0.3 is 0 Å². The molecule has 4 rings (SSSR count). The van der Waals surface area contributed by atoms with Crippen molar-refractivity contribution in [3.05, 3.63) is 113 Å². The molecule has 0 spiro atoms. The zero-order valence-corrected chi connectivity index (χ0v) is 21.5. The molecule has 1 aliphatic carbocycles. The third-order valence-corrected chi connectivity index (χ3v) is 8.72. The highest BCUT2D eigenvalue weighted by Gasteiger charge is 2.34. The summed E-state index contributed by atoms with van der Waals surface area (Å²) in [6.07, 6.45) is 7.46. The second kappa shape index (κ2) is 10.1. The Morgan fingerprint density at radius 1 is 1.00 bits per heavy atom. The van der Waals surface area contributed by atoms with Crippen molar-refractivity contribution in [2.45, 2.75) is 56.4 Å². The summed E-state index contributed by atoms with van der Waals surface area (Å²) < 4.78 is 6.62. The minimum Gasteiger partial charge on any atom is -0.549 e. The van der Waals surface area contributed by atoms with Crippen LogP contribution >= 0.6 is 0 Å². The minimum absolute atomic E-state index is 0.0265. The van der Waals surface area contributed by atoms with Gasteiger partial charge in [0.05, 0.1) is 6.61 Å². The Labute approximate surface area is 201 Å². The fourth-order valence-electron chi connectivity index (χ4n) is 5.40. The highest BCUT2D eigenvalue weighted by atomic mass is 28.2. The van der Waals surface area contributed by atoms with Gasteiger partial charge in [0.1, 0.15) is 5.75 Å². The summed E-state index contributed by atoms with van der Waals surface area (Å²) in [7, 11) is -0.928. The summed E-state index contributed by atoms with van der Waals surface area (Å²) in [6.45, 7) is 7.08. The Balaban J connectivity index is 1.60. The molecule has 0 aromatic heterocycles. The van der Waals surface area contributed by atoms with Gasteiger partial charge in [0, 0.05) is 11.3 Å². The van der Waals surface area contributed by atoms with E-state index >= 15 is 0 Å². The van der Waals surface area contributed by atoms with Crippen LogP contribution in [0, 0.1) is 0 Å². The average molecular weight is 457 g/mol. The molecule has 0 heterocycles. The lowest BCUT2D eigenvalue weighted by Crippen LogP contribution is -2.28. The Morgan fingerprint density at radius 2 is 1.64 bits per heavy atom. The first kappa shape index (κ1) is 23.5. The molecule has 0 aliphatic heterocycles. The fraction of sp³-hybridized carbons (Fsp3) is 0.333. The number of rotatable bonds is 8. The van der Waals surface area contributed by atoms with E-state index < -0.39 is 9.76 Å². The highest BCUT2D eigenvalue weighted by molar-refractivity contribution is 6.33. The molecule has 0 fully saturated rings. The smallest absolute Gasteiger partial charge is 0.226 e. The van der Waals surface area contributed by atoms with Crippen LogP contribution in [0.3, 0.4) is 0 Å². The van der Waals surface area contributed by atoms with E-state index in [2.05, 4.69) is 106 Å². The number of aliphatic hydroxyl groups excluding tert-OH is 1. The monoisotopic (exact) mass is 456 g/mol. The summed E-state index contributed by atoms with van der Waals surface area (Å²) in [6, 6.07) is 28.3. The number of benzene rings is 3. The van der Waals surface area contributed by atoms with Gasteiger partial charge in [0.25, 0.3) is 0 Å². The molecule has 0 radical (unpaired) electrons. The van der Waals surface area contributed by atoms with E-state index in [4.69, 9.17) is 4.43 Å². The molecule has 0 saturated heterocycles. The largest absolute Gasteiger partial charge is 0.549 e. The molecule has 3 aromatic carbocycles. The summed E-state index contributed by atoms with van der Waals surface area (Å²) in [5.41, 5.74) is 5.41. The fourth-order valence-corrected chi connectivity index (χ4v) is 6.76. The molecule has 1 unspecified atom stereocenters. The summed E-state index contributed by atoms with van der Waals surface area (Å²) >= 11 is 0. The van der Waals surface area contributed by atoms with Crippen LogP contribution in [0.4, 0.5) is 0 Å². The summed E-state index contributed by atoms with van der Waals surface area (Å²) in [5.74, 6) is 1.28. The van der Waals surface area contributed by atoms with Crippen LogP contribution in [0.15, 0.2) is 91.0 Å². The lowest BCUT2D eigenvalue weighted by Gasteiger charge is -2.36. The number of fused-ring (bicyclic) bond motifs is 1. The summed E-state index contributed by atoms with van der Waals surface area (Å²) in [5, 5.41) is 9.35. The Morgan fingerprint density at radius 3 is 2.24 bits per heavy atom. The topological polar surface area (TPSA) is 29.5 Å². The minimum atomic E-state index is -0.928. The van der Waals surface area contributed by atoms with Crippen molar-refractivity contribution in [2.24, 2.45) is 0 Å². The van der Waals surface area contributed by atoms with E-state index in [1.54, 1.807) is 0 Å². The van der Waals surface area contributed by atoms with Crippen LogP contribution in [0.25, 0.3) is 0 Å². The molecule has 3 aromatic rings. The van der Waals surface area contributed by atoms with Crippen molar-refractivity contribution in [1.82, 2.24) is 0 Å². The van der Waals surface area contributed by atoms with Gasteiger partial charge in [-0.15, -0.1) is 0 Å². The lowest BCUT2D eigenvalue weighted by atomic mass is 9.71. The molecule has 0 amide bonds. The molecule has 0 bridgehead atoms. The third-order valence-electron chi connectivity index (χ3n) is 7.09. The Hall–Kier alpha value is -2.62. The van der Waals surface area contributed by atoms with Crippen LogP contribution in [0.2, 0.25) is 5.04 Å².